The highest BCUT2D eigenvalue weighted by atomic mass is 32.2. The van der Waals surface area contributed by atoms with E-state index in [0.29, 0.717) is 28.5 Å². The summed E-state index contributed by atoms with van der Waals surface area (Å²) in [6.07, 6.45) is 0.186. The number of rotatable bonds is 7. The largest absolute Gasteiger partial charge is 0.493 e. The number of esters is 1. The van der Waals surface area contributed by atoms with Crippen molar-refractivity contribution in [3.8, 4) is 11.8 Å². The Bertz CT molecular complexity index is 949. The molecular formula is C22H20N2O4S. The summed E-state index contributed by atoms with van der Waals surface area (Å²) in [5.41, 5.74) is 1.74. The van der Waals surface area contributed by atoms with Crippen LogP contribution in [0.3, 0.4) is 0 Å². The van der Waals surface area contributed by atoms with Gasteiger partial charge in [-0.15, -0.1) is 11.8 Å². The highest BCUT2D eigenvalue weighted by Crippen LogP contribution is 2.36. The van der Waals surface area contributed by atoms with Crippen LogP contribution in [0.5, 0.6) is 5.75 Å². The standard InChI is InChI=1S/C22H20N2O4S/c1-27-22(26)16-9-7-15(8-10-16)18-13-20(25)24-21(19(18)14-23)29-12-11-28-17-5-3-2-4-6-17/h2-10,18H,11-13H2,1H3,(H,24,25)/t18-/m0/s1. The number of nitrogens with one attached hydrogen (secondary N) is 1. The topological polar surface area (TPSA) is 88.4 Å². The average molecular weight is 408 g/mol. The van der Waals surface area contributed by atoms with Gasteiger partial charge in [-0.1, -0.05) is 30.3 Å². The summed E-state index contributed by atoms with van der Waals surface area (Å²) in [5, 5.41) is 13.1. The third-order valence-electron chi connectivity index (χ3n) is 4.43. The molecule has 3 rings (SSSR count). The first-order valence-electron chi connectivity index (χ1n) is 9.05. The number of amides is 1. The van der Waals surface area contributed by atoms with Gasteiger partial charge in [0.25, 0.3) is 0 Å². The van der Waals surface area contributed by atoms with Crippen molar-refractivity contribution in [1.82, 2.24) is 5.32 Å². The van der Waals surface area contributed by atoms with E-state index in [9.17, 15) is 14.9 Å². The van der Waals surface area contributed by atoms with E-state index in [1.54, 1.807) is 24.3 Å². The first-order chi connectivity index (χ1) is 14.1. The number of para-hydroxylation sites is 1. The fourth-order valence-electron chi connectivity index (χ4n) is 3.01. The fraction of sp³-hybridized carbons (Fsp3) is 0.227. The summed E-state index contributed by atoms with van der Waals surface area (Å²) < 4.78 is 10.4. The maximum Gasteiger partial charge on any atom is 0.337 e. The van der Waals surface area contributed by atoms with Crippen molar-refractivity contribution < 1.29 is 19.1 Å². The van der Waals surface area contributed by atoms with Gasteiger partial charge in [-0.2, -0.15) is 5.26 Å². The van der Waals surface area contributed by atoms with Gasteiger partial charge in [0.2, 0.25) is 5.91 Å². The van der Waals surface area contributed by atoms with Crippen LogP contribution < -0.4 is 10.1 Å². The molecule has 1 aliphatic rings. The summed E-state index contributed by atoms with van der Waals surface area (Å²) in [6.45, 7) is 0.450. The molecular weight excluding hydrogens is 388 g/mol. The lowest BCUT2D eigenvalue weighted by Gasteiger charge is -2.25. The third-order valence-corrected chi connectivity index (χ3v) is 5.41. The van der Waals surface area contributed by atoms with Crippen molar-refractivity contribution in [2.24, 2.45) is 0 Å². The molecule has 0 saturated carbocycles. The molecule has 2 aromatic carbocycles. The molecule has 2 aromatic rings. The second kappa shape index (κ2) is 9.80. The number of allylic oxidation sites excluding steroid dienone is 1. The van der Waals surface area contributed by atoms with Crippen LogP contribution in [-0.4, -0.2) is 31.3 Å². The number of carbonyl (C=O) groups is 2. The number of benzene rings is 2. The van der Waals surface area contributed by atoms with Crippen LogP contribution in [0, 0.1) is 11.3 Å². The van der Waals surface area contributed by atoms with Crippen LogP contribution in [0.15, 0.2) is 65.2 Å². The number of methoxy groups -OCH3 is 1. The van der Waals surface area contributed by atoms with Crippen molar-refractivity contribution in [3.05, 3.63) is 76.3 Å². The van der Waals surface area contributed by atoms with Gasteiger partial charge in [-0.3, -0.25) is 4.79 Å². The van der Waals surface area contributed by atoms with Crippen molar-refractivity contribution >= 4 is 23.6 Å². The lowest BCUT2D eigenvalue weighted by Crippen LogP contribution is -2.31. The number of ether oxygens (including phenoxy) is 2. The Kier molecular flexibility index (Phi) is 6.93. The molecule has 0 fully saturated rings. The molecule has 7 heteroatoms. The van der Waals surface area contributed by atoms with Gasteiger partial charge >= 0.3 is 5.97 Å². The number of hydrogen-bond donors (Lipinski definition) is 1. The van der Waals surface area contributed by atoms with E-state index < -0.39 is 5.97 Å². The second-order valence-corrected chi connectivity index (χ2v) is 7.39. The number of hydrogen-bond acceptors (Lipinski definition) is 6. The van der Waals surface area contributed by atoms with E-state index in [2.05, 4.69) is 11.4 Å². The number of carbonyl (C=O) groups excluding carboxylic acids is 2. The molecule has 0 bridgehead atoms. The van der Waals surface area contributed by atoms with Crippen LogP contribution in [0.2, 0.25) is 0 Å². The Balaban J connectivity index is 1.71. The summed E-state index contributed by atoms with van der Waals surface area (Å²) in [4.78, 5) is 23.8. The highest BCUT2D eigenvalue weighted by Gasteiger charge is 2.29. The maximum atomic E-state index is 12.2. The molecule has 0 unspecified atom stereocenters. The molecule has 148 valence electrons. The van der Waals surface area contributed by atoms with Crippen LogP contribution >= 0.6 is 11.8 Å². The van der Waals surface area contributed by atoms with Gasteiger partial charge in [-0.05, 0) is 29.8 Å². The predicted octanol–water partition coefficient (Wildman–Crippen LogP) is 3.62. The van der Waals surface area contributed by atoms with Crippen LogP contribution in [0.1, 0.15) is 28.3 Å². The van der Waals surface area contributed by atoms with E-state index >= 15 is 0 Å². The minimum absolute atomic E-state index is 0.141. The molecule has 0 aliphatic carbocycles. The van der Waals surface area contributed by atoms with Crippen molar-refractivity contribution in [2.45, 2.75) is 12.3 Å². The number of nitriles is 1. The summed E-state index contributed by atoms with van der Waals surface area (Å²) in [5.74, 6) is 0.446. The monoisotopic (exact) mass is 408 g/mol. The smallest absolute Gasteiger partial charge is 0.337 e. The van der Waals surface area contributed by atoms with Gasteiger partial charge < -0.3 is 14.8 Å². The van der Waals surface area contributed by atoms with Crippen molar-refractivity contribution in [1.29, 1.82) is 5.26 Å². The first kappa shape index (κ1) is 20.5. The molecule has 1 aliphatic heterocycles. The molecule has 1 atom stereocenters. The first-order valence-corrected chi connectivity index (χ1v) is 10.0. The van der Waals surface area contributed by atoms with E-state index in [-0.39, 0.29) is 18.2 Å². The van der Waals surface area contributed by atoms with Gasteiger partial charge in [-0.25, -0.2) is 4.79 Å². The predicted molar refractivity (Wildman–Crippen MR) is 110 cm³/mol. The minimum Gasteiger partial charge on any atom is -0.493 e. The van der Waals surface area contributed by atoms with E-state index in [4.69, 9.17) is 9.47 Å². The molecule has 1 amide bonds. The fourth-order valence-corrected chi connectivity index (χ4v) is 3.91. The Labute approximate surface area is 173 Å². The average Bonchev–Trinajstić information content (AvgIpc) is 2.76. The Hall–Kier alpha value is -3.24. The Morgan fingerprint density at radius 1 is 1.21 bits per heavy atom. The zero-order valence-electron chi connectivity index (χ0n) is 15.9. The molecule has 0 aromatic heterocycles. The maximum absolute atomic E-state index is 12.2. The summed E-state index contributed by atoms with van der Waals surface area (Å²) in [6, 6.07) is 18.5. The quantitative estimate of drug-likeness (QED) is 0.556. The molecule has 29 heavy (non-hydrogen) atoms. The van der Waals surface area contributed by atoms with Crippen LogP contribution in [0.25, 0.3) is 0 Å². The number of thioether (sulfide) groups is 1. The van der Waals surface area contributed by atoms with E-state index in [0.717, 1.165) is 11.3 Å². The van der Waals surface area contributed by atoms with Gasteiger partial charge in [0.05, 0.1) is 36.0 Å². The molecule has 0 radical (unpaired) electrons. The van der Waals surface area contributed by atoms with Crippen LogP contribution in [-0.2, 0) is 9.53 Å². The van der Waals surface area contributed by atoms with E-state index in [1.165, 1.54) is 18.9 Å². The lowest BCUT2D eigenvalue weighted by atomic mass is 9.87. The second-order valence-electron chi connectivity index (χ2n) is 6.28. The highest BCUT2D eigenvalue weighted by molar-refractivity contribution is 8.03. The van der Waals surface area contributed by atoms with Crippen molar-refractivity contribution in [3.63, 3.8) is 0 Å². The van der Waals surface area contributed by atoms with Crippen LogP contribution in [0.4, 0.5) is 0 Å². The SMILES string of the molecule is COC(=O)c1ccc([C@@H]2CC(=O)NC(SCCOc3ccccc3)=C2C#N)cc1. The van der Waals surface area contributed by atoms with Gasteiger partial charge in [0.15, 0.2) is 0 Å². The Morgan fingerprint density at radius 3 is 2.59 bits per heavy atom. The Morgan fingerprint density at radius 2 is 1.93 bits per heavy atom. The minimum atomic E-state index is -0.427. The zero-order valence-corrected chi connectivity index (χ0v) is 16.7. The van der Waals surface area contributed by atoms with E-state index in [1.807, 2.05) is 30.3 Å². The molecule has 1 N–H and O–H groups in total. The zero-order chi connectivity index (χ0) is 20.6. The molecule has 0 spiro atoms. The van der Waals surface area contributed by atoms with Gasteiger partial charge in [0, 0.05) is 18.1 Å². The normalized spacial score (nSPS) is 16.0. The lowest BCUT2D eigenvalue weighted by molar-refractivity contribution is -0.120. The molecule has 1 heterocycles. The molecule has 6 nitrogen and oxygen atoms in total. The molecule has 0 saturated heterocycles. The number of nitrogens with zero attached hydrogens (tertiary/aromatic N) is 1. The summed E-state index contributed by atoms with van der Waals surface area (Å²) in [7, 11) is 1.32. The summed E-state index contributed by atoms with van der Waals surface area (Å²) >= 11 is 1.39. The van der Waals surface area contributed by atoms with Gasteiger partial charge in [0.1, 0.15) is 5.75 Å². The van der Waals surface area contributed by atoms with Crippen molar-refractivity contribution in [2.75, 3.05) is 19.5 Å². The third kappa shape index (κ3) is 5.18.